The van der Waals surface area contributed by atoms with Crippen molar-refractivity contribution in [2.24, 2.45) is 11.8 Å². The lowest BCUT2D eigenvalue weighted by Crippen LogP contribution is -2.37. The van der Waals surface area contributed by atoms with Crippen LogP contribution in [0.15, 0.2) is 43.0 Å². The number of aromatic nitrogens is 3. The molecule has 1 saturated carbocycles. The summed E-state index contributed by atoms with van der Waals surface area (Å²) in [7, 11) is 0. The number of imidazole rings is 1. The molecule has 0 spiro atoms. The predicted molar refractivity (Wildman–Crippen MR) is 114 cm³/mol. The van der Waals surface area contributed by atoms with Gasteiger partial charge in [-0.2, -0.15) is 5.26 Å². The van der Waals surface area contributed by atoms with E-state index in [1.165, 1.54) is 23.4 Å². The molecule has 0 N–H and O–H groups in total. The van der Waals surface area contributed by atoms with Crippen LogP contribution in [0.25, 0.3) is 11.0 Å². The van der Waals surface area contributed by atoms with E-state index in [1.54, 1.807) is 24.7 Å². The van der Waals surface area contributed by atoms with Gasteiger partial charge in [-0.3, -0.25) is 14.6 Å². The van der Waals surface area contributed by atoms with E-state index in [4.69, 9.17) is 10.1 Å². The third kappa shape index (κ3) is 3.96. The molecule has 3 aromatic rings. The molecule has 164 valence electrons. The summed E-state index contributed by atoms with van der Waals surface area (Å²) in [6.45, 7) is 1.25. The van der Waals surface area contributed by atoms with Crippen LogP contribution < -0.4 is 0 Å². The van der Waals surface area contributed by atoms with Crippen molar-refractivity contribution >= 4 is 16.9 Å². The van der Waals surface area contributed by atoms with E-state index in [9.17, 15) is 9.18 Å². The van der Waals surface area contributed by atoms with Crippen LogP contribution in [-0.4, -0.2) is 32.1 Å². The summed E-state index contributed by atoms with van der Waals surface area (Å²) in [5, 5.41) is 10.7. The van der Waals surface area contributed by atoms with Gasteiger partial charge in [-0.05, 0) is 61.4 Å². The fourth-order valence-electron chi connectivity index (χ4n) is 4.92. The van der Waals surface area contributed by atoms with Crippen molar-refractivity contribution in [3.8, 4) is 6.07 Å². The zero-order chi connectivity index (χ0) is 22.1. The van der Waals surface area contributed by atoms with Gasteiger partial charge in [-0.25, -0.2) is 14.4 Å². The van der Waals surface area contributed by atoms with Crippen molar-refractivity contribution in [2.45, 2.75) is 44.7 Å². The number of rotatable bonds is 4. The quantitative estimate of drug-likeness (QED) is 0.617. The molecule has 2 fully saturated rings. The molecule has 1 aliphatic heterocycles. The highest BCUT2D eigenvalue weighted by molar-refractivity contribution is 5.78. The highest BCUT2D eigenvalue weighted by Gasteiger charge is 2.37. The number of nitriles is 1. The molecular formula is C24H24FN5O2. The third-order valence-electron chi connectivity index (χ3n) is 6.63. The Bertz CT molecular complexity index is 1180. The monoisotopic (exact) mass is 433 g/mol. The van der Waals surface area contributed by atoms with Gasteiger partial charge in [0, 0.05) is 31.3 Å². The van der Waals surface area contributed by atoms with E-state index >= 15 is 0 Å². The summed E-state index contributed by atoms with van der Waals surface area (Å²) in [5.41, 5.74) is 2.92. The lowest BCUT2D eigenvalue weighted by Gasteiger charge is -2.32. The van der Waals surface area contributed by atoms with E-state index < -0.39 is 0 Å². The predicted octanol–water partition coefficient (Wildman–Crippen LogP) is 4.15. The third-order valence-corrected chi connectivity index (χ3v) is 6.63. The lowest BCUT2D eigenvalue weighted by atomic mass is 9.81. The Morgan fingerprint density at radius 1 is 1.19 bits per heavy atom. The first-order chi connectivity index (χ1) is 15.6. The molecule has 7 nitrogen and oxygen atoms in total. The molecule has 2 aliphatic rings. The molecule has 0 radical (unpaired) electrons. The SMILES string of the molecule is N#Cc1cncc([C@@H]2CCON2C(=O)[C@H]2CC[C@H](Cn3cnc4ccc(F)cc43)CC2)c1. The molecule has 1 aliphatic carbocycles. The summed E-state index contributed by atoms with van der Waals surface area (Å²) < 4.78 is 15.7. The Labute approximate surface area is 185 Å². The molecule has 5 rings (SSSR count). The molecule has 1 atom stereocenters. The van der Waals surface area contributed by atoms with E-state index in [-0.39, 0.29) is 23.7 Å². The number of carbonyl (C=O) groups is 1. The highest BCUT2D eigenvalue weighted by Crippen LogP contribution is 2.36. The summed E-state index contributed by atoms with van der Waals surface area (Å²) in [6.07, 6.45) is 9.14. The minimum Gasteiger partial charge on any atom is -0.330 e. The Hall–Kier alpha value is -3.31. The number of nitrogens with zero attached hydrogens (tertiary/aromatic N) is 5. The molecule has 1 amide bonds. The van der Waals surface area contributed by atoms with Crippen molar-refractivity contribution in [3.63, 3.8) is 0 Å². The maximum Gasteiger partial charge on any atom is 0.249 e. The van der Waals surface area contributed by atoms with Crippen molar-refractivity contribution in [1.82, 2.24) is 19.6 Å². The summed E-state index contributed by atoms with van der Waals surface area (Å²) >= 11 is 0. The van der Waals surface area contributed by atoms with Crippen LogP contribution in [0, 0.1) is 29.0 Å². The fourth-order valence-corrected chi connectivity index (χ4v) is 4.92. The van der Waals surface area contributed by atoms with Crippen molar-refractivity contribution < 1.29 is 14.0 Å². The smallest absolute Gasteiger partial charge is 0.249 e. The second-order valence-corrected chi connectivity index (χ2v) is 8.67. The van der Waals surface area contributed by atoms with Crippen molar-refractivity contribution in [1.29, 1.82) is 5.26 Å². The summed E-state index contributed by atoms with van der Waals surface area (Å²) in [5.74, 6) is 0.107. The van der Waals surface area contributed by atoms with Gasteiger partial charge in [0.2, 0.25) is 5.91 Å². The Balaban J connectivity index is 1.22. The minimum atomic E-state index is -0.260. The van der Waals surface area contributed by atoms with Gasteiger partial charge in [-0.1, -0.05) is 0 Å². The number of fused-ring (bicyclic) bond motifs is 1. The zero-order valence-electron chi connectivity index (χ0n) is 17.7. The van der Waals surface area contributed by atoms with Crippen LogP contribution in [0.4, 0.5) is 4.39 Å². The average molecular weight is 433 g/mol. The zero-order valence-corrected chi connectivity index (χ0v) is 17.7. The number of hydrogen-bond acceptors (Lipinski definition) is 5. The molecule has 3 heterocycles. The first-order valence-corrected chi connectivity index (χ1v) is 11.0. The number of amides is 1. The van der Waals surface area contributed by atoms with Crippen LogP contribution in [0.1, 0.15) is 49.3 Å². The maximum absolute atomic E-state index is 13.6. The topological polar surface area (TPSA) is 84.0 Å². The normalized spacial score (nSPS) is 23.4. The van der Waals surface area contributed by atoms with Gasteiger partial charge >= 0.3 is 0 Å². The van der Waals surface area contributed by atoms with Crippen LogP contribution in [0.3, 0.4) is 0 Å². The Morgan fingerprint density at radius 3 is 2.84 bits per heavy atom. The van der Waals surface area contributed by atoms with Crippen LogP contribution in [-0.2, 0) is 16.2 Å². The largest absolute Gasteiger partial charge is 0.330 e. The van der Waals surface area contributed by atoms with Crippen LogP contribution in [0.2, 0.25) is 0 Å². The lowest BCUT2D eigenvalue weighted by molar-refractivity contribution is -0.183. The molecule has 2 aromatic heterocycles. The van der Waals surface area contributed by atoms with E-state index in [1.807, 2.05) is 4.57 Å². The number of benzene rings is 1. The summed E-state index contributed by atoms with van der Waals surface area (Å²) in [6, 6.07) is 8.33. The fraction of sp³-hybridized carbons (Fsp3) is 0.417. The number of halogens is 1. The number of carbonyl (C=O) groups excluding carboxylic acids is 1. The molecule has 1 saturated heterocycles. The van der Waals surface area contributed by atoms with Gasteiger partial charge in [0.05, 0.1) is 35.6 Å². The van der Waals surface area contributed by atoms with Crippen LogP contribution >= 0.6 is 0 Å². The van der Waals surface area contributed by atoms with E-state index in [0.29, 0.717) is 24.5 Å². The van der Waals surface area contributed by atoms with Gasteiger partial charge in [0.15, 0.2) is 0 Å². The van der Waals surface area contributed by atoms with Gasteiger partial charge in [0.25, 0.3) is 0 Å². The number of hydroxylamine groups is 2. The minimum absolute atomic E-state index is 0.0171. The standard InChI is InChI=1S/C24H24FN5O2/c25-20-5-6-21-23(10-20)29(15-28-21)14-16-1-3-18(4-2-16)24(31)30-22(7-8-32-30)19-9-17(11-26)12-27-13-19/h5-6,9-10,12-13,15-16,18,22H,1-4,7-8,14H2/t16-,18-,22-/m0/s1. The second-order valence-electron chi connectivity index (χ2n) is 8.67. The van der Waals surface area contributed by atoms with E-state index in [2.05, 4.69) is 16.0 Å². The molecule has 1 aromatic carbocycles. The summed E-state index contributed by atoms with van der Waals surface area (Å²) in [4.78, 5) is 27.4. The molecule has 8 heteroatoms. The van der Waals surface area contributed by atoms with E-state index in [0.717, 1.165) is 48.8 Å². The number of hydrogen-bond donors (Lipinski definition) is 0. The first kappa shape index (κ1) is 20.6. The molecule has 0 unspecified atom stereocenters. The van der Waals surface area contributed by atoms with Gasteiger partial charge in [-0.15, -0.1) is 0 Å². The first-order valence-electron chi connectivity index (χ1n) is 11.0. The molecule has 0 bridgehead atoms. The average Bonchev–Trinajstić information content (AvgIpc) is 3.47. The van der Waals surface area contributed by atoms with Crippen molar-refractivity contribution in [2.75, 3.05) is 6.61 Å². The number of pyridine rings is 1. The van der Waals surface area contributed by atoms with Crippen LogP contribution in [0.5, 0.6) is 0 Å². The maximum atomic E-state index is 13.6. The Kier molecular flexibility index (Phi) is 5.58. The Morgan fingerprint density at radius 2 is 2.03 bits per heavy atom. The van der Waals surface area contributed by atoms with Gasteiger partial charge in [0.1, 0.15) is 11.9 Å². The molecular weight excluding hydrogens is 409 g/mol. The van der Waals surface area contributed by atoms with Crippen molar-refractivity contribution in [3.05, 3.63) is 59.9 Å². The van der Waals surface area contributed by atoms with Gasteiger partial charge < -0.3 is 4.57 Å². The second kappa shape index (κ2) is 8.67. The molecule has 32 heavy (non-hydrogen) atoms. The highest BCUT2D eigenvalue weighted by atomic mass is 19.1.